The molecule has 0 radical (unpaired) electrons. The van der Waals surface area contributed by atoms with Crippen LogP contribution in [0.1, 0.15) is 47.6 Å². The zero-order chi connectivity index (χ0) is 23.0. The summed E-state index contributed by atoms with van der Waals surface area (Å²) in [4.78, 5) is 27.8. The first-order valence-electron chi connectivity index (χ1n) is 11.8. The molecule has 1 unspecified atom stereocenters. The number of piperidine rings is 1. The van der Waals surface area contributed by atoms with Gasteiger partial charge in [-0.3, -0.25) is 9.59 Å². The van der Waals surface area contributed by atoms with E-state index in [2.05, 4.69) is 60.8 Å². The van der Waals surface area contributed by atoms with Crippen molar-refractivity contribution in [2.24, 2.45) is 5.92 Å². The predicted molar refractivity (Wildman–Crippen MR) is 132 cm³/mol. The van der Waals surface area contributed by atoms with Crippen LogP contribution in [0.3, 0.4) is 0 Å². The number of nitrogens with zero attached hydrogens (tertiary/aromatic N) is 1. The molecule has 2 amide bonds. The molecular weight excluding hydrogens is 408 g/mol. The number of hydrogen-bond acceptors (Lipinski definition) is 2. The van der Waals surface area contributed by atoms with Gasteiger partial charge in [0.2, 0.25) is 11.8 Å². The summed E-state index contributed by atoms with van der Waals surface area (Å²) < 4.78 is 0. The highest BCUT2D eigenvalue weighted by Crippen LogP contribution is 2.25. The van der Waals surface area contributed by atoms with Crippen LogP contribution in [0.25, 0.3) is 0 Å². The number of aryl methyl sites for hydroxylation is 2. The first kappa shape index (κ1) is 22.8. The van der Waals surface area contributed by atoms with Crippen molar-refractivity contribution < 1.29 is 9.59 Å². The second-order valence-corrected chi connectivity index (χ2v) is 8.90. The van der Waals surface area contributed by atoms with Crippen molar-refractivity contribution >= 4 is 11.8 Å². The van der Waals surface area contributed by atoms with Crippen molar-refractivity contribution in [3.8, 4) is 0 Å². The molecule has 0 aliphatic carbocycles. The fourth-order valence-electron chi connectivity index (χ4n) is 4.47. The Morgan fingerprint density at radius 2 is 1.42 bits per heavy atom. The normalized spacial score (nSPS) is 15.1. The monoisotopic (exact) mass is 440 g/mol. The summed E-state index contributed by atoms with van der Waals surface area (Å²) in [7, 11) is 0. The summed E-state index contributed by atoms with van der Waals surface area (Å²) in [5, 5.41) is 3.29. The van der Waals surface area contributed by atoms with Gasteiger partial charge >= 0.3 is 0 Å². The Morgan fingerprint density at radius 3 is 2.06 bits per heavy atom. The molecule has 1 aliphatic rings. The van der Waals surface area contributed by atoms with Gasteiger partial charge in [-0.05, 0) is 42.9 Å². The third-order valence-electron chi connectivity index (χ3n) is 6.52. The van der Waals surface area contributed by atoms with Crippen LogP contribution in [0, 0.1) is 12.8 Å². The highest BCUT2D eigenvalue weighted by atomic mass is 16.2. The number of benzene rings is 3. The molecule has 33 heavy (non-hydrogen) atoms. The molecule has 3 aromatic carbocycles. The number of nitrogens with one attached hydrogen (secondary N) is 1. The fraction of sp³-hybridized carbons (Fsp3) is 0.310. The van der Waals surface area contributed by atoms with Crippen LogP contribution >= 0.6 is 0 Å². The fourth-order valence-corrected chi connectivity index (χ4v) is 4.47. The van der Waals surface area contributed by atoms with E-state index in [-0.39, 0.29) is 23.8 Å². The van der Waals surface area contributed by atoms with E-state index in [4.69, 9.17) is 0 Å². The van der Waals surface area contributed by atoms with Gasteiger partial charge in [0.05, 0.1) is 6.04 Å². The number of carbonyl (C=O) groups excluding carboxylic acids is 2. The molecule has 4 nitrogen and oxygen atoms in total. The standard InChI is InChI=1S/C29H32N2O2/c1-22-12-15-25(16-13-22)28(24-10-6-3-7-11-24)30-29(33)26-18-20-31(21-19-26)27(32)17-14-23-8-4-2-5-9-23/h2-13,15-16,26,28H,14,17-21H2,1H3,(H,30,33). The molecule has 1 heterocycles. The largest absolute Gasteiger partial charge is 0.345 e. The smallest absolute Gasteiger partial charge is 0.223 e. The molecule has 1 aliphatic heterocycles. The Hall–Kier alpha value is -3.40. The van der Waals surface area contributed by atoms with Gasteiger partial charge in [0, 0.05) is 25.4 Å². The first-order valence-corrected chi connectivity index (χ1v) is 11.8. The molecule has 170 valence electrons. The summed E-state index contributed by atoms with van der Waals surface area (Å²) in [5.41, 5.74) is 4.53. The minimum Gasteiger partial charge on any atom is -0.345 e. The van der Waals surface area contributed by atoms with Crippen LogP contribution < -0.4 is 5.32 Å². The van der Waals surface area contributed by atoms with Crippen LogP contribution in [0.15, 0.2) is 84.9 Å². The van der Waals surface area contributed by atoms with Crippen LogP contribution in [0.5, 0.6) is 0 Å². The number of carbonyl (C=O) groups is 2. The minimum absolute atomic E-state index is 0.0696. The lowest BCUT2D eigenvalue weighted by Gasteiger charge is -2.32. The second kappa shape index (κ2) is 11.0. The first-order chi connectivity index (χ1) is 16.1. The number of hydrogen-bond donors (Lipinski definition) is 1. The van der Waals surface area contributed by atoms with Crippen LogP contribution in [-0.4, -0.2) is 29.8 Å². The maximum absolute atomic E-state index is 13.2. The number of rotatable bonds is 7. The van der Waals surface area contributed by atoms with E-state index in [1.165, 1.54) is 11.1 Å². The van der Waals surface area contributed by atoms with E-state index in [9.17, 15) is 9.59 Å². The predicted octanol–water partition coefficient (Wildman–Crippen LogP) is 5.07. The van der Waals surface area contributed by atoms with Gasteiger partial charge in [-0.2, -0.15) is 0 Å². The molecule has 4 heteroatoms. The summed E-state index contributed by atoms with van der Waals surface area (Å²) in [5.74, 6) is 0.181. The lowest BCUT2D eigenvalue weighted by Crippen LogP contribution is -2.44. The van der Waals surface area contributed by atoms with Crippen molar-refractivity contribution in [2.45, 2.75) is 38.6 Å². The SMILES string of the molecule is Cc1ccc(C(NC(=O)C2CCN(C(=O)CCc3ccccc3)CC2)c2ccccc2)cc1. The van der Waals surface area contributed by atoms with Crippen molar-refractivity contribution in [2.75, 3.05) is 13.1 Å². The summed E-state index contributed by atoms with van der Waals surface area (Å²) >= 11 is 0. The van der Waals surface area contributed by atoms with E-state index >= 15 is 0 Å². The lowest BCUT2D eigenvalue weighted by molar-refractivity contribution is -0.135. The molecule has 0 bridgehead atoms. The molecule has 0 saturated carbocycles. The Kier molecular flexibility index (Phi) is 7.56. The minimum atomic E-state index is -0.176. The van der Waals surface area contributed by atoms with Gasteiger partial charge in [-0.1, -0.05) is 90.5 Å². The average molecular weight is 441 g/mol. The Labute approximate surface area is 196 Å². The van der Waals surface area contributed by atoms with E-state index in [1.807, 2.05) is 41.3 Å². The number of amides is 2. The van der Waals surface area contributed by atoms with Gasteiger partial charge in [0.15, 0.2) is 0 Å². The Balaban J connectivity index is 1.34. The topological polar surface area (TPSA) is 49.4 Å². The van der Waals surface area contributed by atoms with Crippen LogP contribution in [0.2, 0.25) is 0 Å². The van der Waals surface area contributed by atoms with Crippen molar-refractivity contribution in [1.29, 1.82) is 0 Å². The molecular formula is C29H32N2O2. The van der Waals surface area contributed by atoms with Gasteiger partial charge < -0.3 is 10.2 Å². The van der Waals surface area contributed by atoms with Crippen molar-refractivity contribution in [1.82, 2.24) is 10.2 Å². The van der Waals surface area contributed by atoms with Gasteiger partial charge in [0.25, 0.3) is 0 Å². The summed E-state index contributed by atoms with van der Waals surface area (Å²) in [6.07, 6.45) is 2.69. The van der Waals surface area contributed by atoms with Gasteiger partial charge in [0.1, 0.15) is 0 Å². The Morgan fingerprint density at radius 1 is 0.848 bits per heavy atom. The molecule has 3 aromatic rings. The molecule has 1 N–H and O–H groups in total. The summed E-state index contributed by atoms with van der Waals surface area (Å²) in [6, 6.07) is 28.4. The molecule has 0 aromatic heterocycles. The molecule has 0 spiro atoms. The second-order valence-electron chi connectivity index (χ2n) is 8.90. The van der Waals surface area contributed by atoms with E-state index < -0.39 is 0 Å². The van der Waals surface area contributed by atoms with E-state index in [0.29, 0.717) is 32.4 Å². The van der Waals surface area contributed by atoms with Crippen LogP contribution in [-0.2, 0) is 16.0 Å². The number of likely N-dealkylation sites (tertiary alicyclic amines) is 1. The quantitative estimate of drug-likeness (QED) is 0.558. The summed E-state index contributed by atoms with van der Waals surface area (Å²) in [6.45, 7) is 3.35. The zero-order valence-corrected chi connectivity index (χ0v) is 19.2. The average Bonchev–Trinajstić information content (AvgIpc) is 2.87. The highest BCUT2D eigenvalue weighted by molar-refractivity contribution is 5.81. The van der Waals surface area contributed by atoms with E-state index in [0.717, 1.165) is 17.5 Å². The highest BCUT2D eigenvalue weighted by Gasteiger charge is 2.29. The maximum Gasteiger partial charge on any atom is 0.223 e. The van der Waals surface area contributed by atoms with Gasteiger partial charge in [-0.15, -0.1) is 0 Å². The van der Waals surface area contributed by atoms with Gasteiger partial charge in [-0.25, -0.2) is 0 Å². The molecule has 1 saturated heterocycles. The Bertz CT molecular complexity index is 1040. The molecule has 1 atom stereocenters. The molecule has 4 rings (SSSR count). The maximum atomic E-state index is 13.2. The third-order valence-corrected chi connectivity index (χ3v) is 6.52. The molecule has 1 fully saturated rings. The van der Waals surface area contributed by atoms with E-state index in [1.54, 1.807) is 0 Å². The van der Waals surface area contributed by atoms with Crippen LogP contribution in [0.4, 0.5) is 0 Å². The third kappa shape index (κ3) is 6.10. The van der Waals surface area contributed by atoms with Crippen molar-refractivity contribution in [3.05, 3.63) is 107 Å². The van der Waals surface area contributed by atoms with Crippen molar-refractivity contribution in [3.63, 3.8) is 0 Å². The zero-order valence-electron chi connectivity index (χ0n) is 19.2. The lowest BCUT2D eigenvalue weighted by atomic mass is 9.93.